The molecule has 1 heterocycles. The summed E-state index contributed by atoms with van der Waals surface area (Å²) in [6.45, 7) is 5.17. The zero-order chi connectivity index (χ0) is 14.2. The second-order valence-corrected chi connectivity index (χ2v) is 5.93. The number of benzene rings is 1. The third-order valence-corrected chi connectivity index (χ3v) is 4.37. The summed E-state index contributed by atoms with van der Waals surface area (Å²) in [5, 5.41) is 12.3. The van der Waals surface area contributed by atoms with E-state index in [1.54, 1.807) is 0 Å². The Kier molecular flexibility index (Phi) is 3.20. The molecule has 5 nitrogen and oxygen atoms in total. The van der Waals surface area contributed by atoms with Crippen molar-refractivity contribution in [3.63, 3.8) is 0 Å². The topological polar surface area (TPSA) is 69.6 Å². The van der Waals surface area contributed by atoms with Crippen LogP contribution in [0.3, 0.4) is 0 Å². The molecule has 1 saturated carbocycles. The van der Waals surface area contributed by atoms with Gasteiger partial charge in [-0.2, -0.15) is 0 Å². The first kappa shape index (κ1) is 13.1. The van der Waals surface area contributed by atoms with Crippen LogP contribution in [-0.4, -0.2) is 20.2 Å². The summed E-state index contributed by atoms with van der Waals surface area (Å²) < 4.78 is 1.95. The normalized spacial score (nSPS) is 16.3. The van der Waals surface area contributed by atoms with E-state index in [-0.39, 0.29) is 0 Å². The largest absolute Gasteiger partial charge is 0.398 e. The van der Waals surface area contributed by atoms with Gasteiger partial charge in [0.05, 0.1) is 6.54 Å². The highest BCUT2D eigenvalue weighted by molar-refractivity contribution is 5.67. The minimum atomic E-state index is 0.424. The number of nitrogens with two attached hydrogens (primary N) is 1. The van der Waals surface area contributed by atoms with Crippen LogP contribution in [0.4, 0.5) is 5.69 Å². The molecule has 1 aliphatic carbocycles. The molecule has 2 aromatic rings. The third kappa shape index (κ3) is 2.28. The summed E-state index contributed by atoms with van der Waals surface area (Å²) in [6.07, 6.45) is 5.04. The predicted octanol–water partition coefficient (Wildman–Crippen LogP) is 2.81. The SMILES string of the molecule is CCCC1(Cn2nnnc2-c2cccc(N)c2C)CC1. The molecule has 0 bridgehead atoms. The Bertz CT molecular complexity index is 612. The first-order valence-electron chi connectivity index (χ1n) is 7.27. The van der Waals surface area contributed by atoms with Crippen molar-refractivity contribution in [1.82, 2.24) is 20.2 Å². The van der Waals surface area contributed by atoms with Gasteiger partial charge in [0.2, 0.25) is 0 Å². The maximum absolute atomic E-state index is 5.99. The van der Waals surface area contributed by atoms with Crippen LogP contribution in [0.25, 0.3) is 11.4 Å². The van der Waals surface area contributed by atoms with Crippen LogP contribution in [0.2, 0.25) is 0 Å². The summed E-state index contributed by atoms with van der Waals surface area (Å²) in [5.41, 5.74) is 9.27. The minimum Gasteiger partial charge on any atom is -0.398 e. The summed E-state index contributed by atoms with van der Waals surface area (Å²) in [6, 6.07) is 5.90. The molecule has 0 amide bonds. The molecule has 20 heavy (non-hydrogen) atoms. The van der Waals surface area contributed by atoms with Gasteiger partial charge in [0.15, 0.2) is 5.82 Å². The maximum Gasteiger partial charge on any atom is 0.182 e. The van der Waals surface area contributed by atoms with Gasteiger partial charge < -0.3 is 5.73 Å². The highest BCUT2D eigenvalue weighted by Crippen LogP contribution is 2.51. The van der Waals surface area contributed by atoms with E-state index in [0.29, 0.717) is 5.41 Å². The molecule has 0 atom stereocenters. The van der Waals surface area contributed by atoms with Gasteiger partial charge in [-0.1, -0.05) is 25.5 Å². The molecule has 0 radical (unpaired) electrons. The molecule has 1 aromatic carbocycles. The molecule has 0 unspecified atom stereocenters. The van der Waals surface area contributed by atoms with Gasteiger partial charge in [0, 0.05) is 11.3 Å². The first-order chi connectivity index (χ1) is 9.65. The van der Waals surface area contributed by atoms with Crippen LogP contribution in [-0.2, 0) is 6.54 Å². The molecule has 0 aliphatic heterocycles. The van der Waals surface area contributed by atoms with E-state index in [4.69, 9.17) is 5.73 Å². The number of tetrazole rings is 1. The van der Waals surface area contributed by atoms with Crippen molar-refractivity contribution in [3.8, 4) is 11.4 Å². The van der Waals surface area contributed by atoms with Crippen molar-refractivity contribution in [2.45, 2.75) is 46.1 Å². The number of hydrogen-bond donors (Lipinski definition) is 1. The van der Waals surface area contributed by atoms with Crippen LogP contribution in [0.15, 0.2) is 18.2 Å². The van der Waals surface area contributed by atoms with Crippen molar-refractivity contribution in [3.05, 3.63) is 23.8 Å². The second kappa shape index (κ2) is 4.89. The standard InChI is InChI=1S/C15H21N5/c1-3-7-15(8-9-15)10-20-14(17-18-19-20)12-5-4-6-13(16)11(12)2/h4-6H,3,7-10,16H2,1-2H3. The van der Waals surface area contributed by atoms with Gasteiger partial charge in [0.1, 0.15) is 0 Å². The Hall–Kier alpha value is -1.91. The molecule has 5 heteroatoms. The fourth-order valence-electron chi connectivity index (χ4n) is 2.91. The lowest BCUT2D eigenvalue weighted by Crippen LogP contribution is -2.14. The number of nitrogen functional groups attached to an aromatic ring is 1. The highest BCUT2D eigenvalue weighted by atomic mass is 15.5. The second-order valence-electron chi connectivity index (χ2n) is 5.93. The van der Waals surface area contributed by atoms with Crippen LogP contribution >= 0.6 is 0 Å². The van der Waals surface area contributed by atoms with E-state index >= 15 is 0 Å². The molecular weight excluding hydrogens is 250 g/mol. The van der Waals surface area contributed by atoms with Gasteiger partial charge in [0.25, 0.3) is 0 Å². The smallest absolute Gasteiger partial charge is 0.182 e. The van der Waals surface area contributed by atoms with Crippen LogP contribution in [0, 0.1) is 12.3 Å². The van der Waals surface area contributed by atoms with Crippen LogP contribution in [0.5, 0.6) is 0 Å². The number of hydrogen-bond acceptors (Lipinski definition) is 4. The van der Waals surface area contributed by atoms with E-state index in [1.165, 1.54) is 25.7 Å². The average Bonchev–Trinajstić information content (AvgIpc) is 3.02. The first-order valence-corrected chi connectivity index (χ1v) is 7.27. The molecule has 1 aliphatic rings. The van der Waals surface area contributed by atoms with Gasteiger partial charge >= 0.3 is 0 Å². The molecule has 2 N–H and O–H groups in total. The molecule has 0 spiro atoms. The monoisotopic (exact) mass is 271 g/mol. The van der Waals surface area contributed by atoms with Crippen molar-refractivity contribution in [1.29, 1.82) is 0 Å². The van der Waals surface area contributed by atoms with E-state index in [0.717, 1.165) is 29.2 Å². The Morgan fingerprint density at radius 2 is 2.15 bits per heavy atom. The summed E-state index contributed by atoms with van der Waals surface area (Å²) >= 11 is 0. The van der Waals surface area contributed by atoms with E-state index in [1.807, 2.05) is 29.8 Å². The van der Waals surface area contributed by atoms with Gasteiger partial charge in [-0.15, -0.1) is 5.10 Å². The summed E-state index contributed by atoms with van der Waals surface area (Å²) in [7, 11) is 0. The lowest BCUT2D eigenvalue weighted by Gasteiger charge is -2.15. The van der Waals surface area contributed by atoms with E-state index in [2.05, 4.69) is 22.4 Å². The zero-order valence-corrected chi connectivity index (χ0v) is 12.1. The molecular formula is C15H21N5. The summed E-state index contributed by atoms with van der Waals surface area (Å²) in [5.74, 6) is 0.831. The van der Waals surface area contributed by atoms with Crippen molar-refractivity contribution >= 4 is 5.69 Å². The van der Waals surface area contributed by atoms with Gasteiger partial charge in [-0.25, -0.2) is 4.68 Å². The molecule has 0 saturated heterocycles. The molecule has 3 rings (SSSR count). The Balaban J connectivity index is 1.92. The van der Waals surface area contributed by atoms with Crippen molar-refractivity contribution < 1.29 is 0 Å². The minimum absolute atomic E-state index is 0.424. The lowest BCUT2D eigenvalue weighted by atomic mass is 10.0. The number of aromatic nitrogens is 4. The number of rotatable bonds is 5. The predicted molar refractivity (Wildman–Crippen MR) is 79.0 cm³/mol. The van der Waals surface area contributed by atoms with Gasteiger partial charge in [-0.3, -0.25) is 0 Å². The van der Waals surface area contributed by atoms with Crippen LogP contribution < -0.4 is 5.73 Å². The molecule has 1 aromatic heterocycles. The number of anilines is 1. The van der Waals surface area contributed by atoms with E-state index in [9.17, 15) is 0 Å². The maximum atomic E-state index is 5.99. The van der Waals surface area contributed by atoms with Crippen molar-refractivity contribution in [2.24, 2.45) is 5.41 Å². The van der Waals surface area contributed by atoms with Crippen LogP contribution in [0.1, 0.15) is 38.2 Å². The quantitative estimate of drug-likeness (QED) is 0.849. The summed E-state index contributed by atoms with van der Waals surface area (Å²) in [4.78, 5) is 0. The van der Waals surface area contributed by atoms with Gasteiger partial charge in [-0.05, 0) is 53.7 Å². The fourth-order valence-corrected chi connectivity index (χ4v) is 2.91. The highest BCUT2D eigenvalue weighted by Gasteiger charge is 2.42. The third-order valence-electron chi connectivity index (χ3n) is 4.37. The van der Waals surface area contributed by atoms with Crippen molar-refractivity contribution in [2.75, 3.05) is 5.73 Å². The Labute approximate surface area is 119 Å². The van der Waals surface area contributed by atoms with E-state index < -0.39 is 0 Å². The Morgan fingerprint density at radius 3 is 2.85 bits per heavy atom. The lowest BCUT2D eigenvalue weighted by molar-refractivity contribution is 0.365. The zero-order valence-electron chi connectivity index (χ0n) is 12.1. The molecule has 1 fully saturated rings. The molecule has 106 valence electrons. The average molecular weight is 271 g/mol. The number of nitrogens with zero attached hydrogens (tertiary/aromatic N) is 4. The Morgan fingerprint density at radius 1 is 1.35 bits per heavy atom. The fraction of sp³-hybridized carbons (Fsp3) is 0.533.